The molecule has 0 amide bonds. The monoisotopic (exact) mass is 348 g/mol. The molecule has 1 aliphatic heterocycles. The lowest BCUT2D eigenvalue weighted by molar-refractivity contribution is -0.132. The highest BCUT2D eigenvalue weighted by Gasteiger charge is 2.26. The van der Waals surface area contributed by atoms with Gasteiger partial charge in [0.2, 0.25) is 5.95 Å². The molecule has 0 saturated carbocycles. The SMILES string of the molecule is Cc1nc2n(n1)C(c1cccc(Oc3ccccc3)c1)C=C(C(=O)O)N2. The Balaban J connectivity index is 1.72. The van der Waals surface area contributed by atoms with Crippen molar-refractivity contribution in [1.82, 2.24) is 14.8 Å². The lowest BCUT2D eigenvalue weighted by atomic mass is 10.0. The molecule has 0 saturated heterocycles. The van der Waals surface area contributed by atoms with Gasteiger partial charge in [-0.1, -0.05) is 30.3 Å². The van der Waals surface area contributed by atoms with E-state index in [1.165, 1.54) is 0 Å². The number of carboxylic acids is 1. The maximum atomic E-state index is 11.4. The van der Waals surface area contributed by atoms with E-state index in [-0.39, 0.29) is 5.70 Å². The van der Waals surface area contributed by atoms with Crippen LogP contribution in [0.5, 0.6) is 11.5 Å². The first kappa shape index (κ1) is 15.9. The zero-order valence-electron chi connectivity index (χ0n) is 14.0. The molecule has 7 nitrogen and oxygen atoms in total. The molecule has 1 atom stereocenters. The Kier molecular flexibility index (Phi) is 3.89. The van der Waals surface area contributed by atoms with E-state index in [1.807, 2.05) is 54.6 Å². The number of allylic oxidation sites excluding steroid dienone is 1. The third-order valence-corrected chi connectivity index (χ3v) is 3.98. The maximum absolute atomic E-state index is 11.4. The number of aliphatic carboxylic acids is 1. The molecule has 2 heterocycles. The molecule has 0 bridgehead atoms. The zero-order chi connectivity index (χ0) is 18.1. The average Bonchev–Trinajstić information content (AvgIpc) is 3.02. The minimum Gasteiger partial charge on any atom is -0.477 e. The first-order chi connectivity index (χ1) is 12.6. The summed E-state index contributed by atoms with van der Waals surface area (Å²) in [5, 5.41) is 16.5. The fourth-order valence-corrected chi connectivity index (χ4v) is 2.85. The molecule has 130 valence electrons. The zero-order valence-corrected chi connectivity index (χ0v) is 14.0. The number of anilines is 1. The van der Waals surface area contributed by atoms with Gasteiger partial charge in [0.1, 0.15) is 29.1 Å². The fraction of sp³-hybridized carbons (Fsp3) is 0.105. The predicted octanol–water partition coefficient (Wildman–Crippen LogP) is 3.36. The third-order valence-electron chi connectivity index (χ3n) is 3.98. The number of aromatic nitrogens is 3. The van der Waals surface area contributed by atoms with E-state index in [2.05, 4.69) is 15.4 Å². The Morgan fingerprint density at radius 3 is 2.69 bits per heavy atom. The van der Waals surface area contributed by atoms with Crippen LogP contribution < -0.4 is 10.1 Å². The van der Waals surface area contributed by atoms with Crippen molar-refractivity contribution in [1.29, 1.82) is 0 Å². The lowest BCUT2D eigenvalue weighted by Crippen LogP contribution is -2.24. The second-order valence-corrected chi connectivity index (χ2v) is 5.87. The summed E-state index contributed by atoms with van der Waals surface area (Å²) in [6.45, 7) is 1.76. The molecule has 1 aliphatic rings. The van der Waals surface area contributed by atoms with Gasteiger partial charge in [-0.3, -0.25) is 0 Å². The Morgan fingerprint density at radius 1 is 1.15 bits per heavy atom. The number of carboxylic acid groups (broad SMARTS) is 1. The third kappa shape index (κ3) is 3.02. The maximum Gasteiger partial charge on any atom is 0.352 e. The molecule has 7 heteroatoms. The van der Waals surface area contributed by atoms with Gasteiger partial charge in [0, 0.05) is 0 Å². The smallest absolute Gasteiger partial charge is 0.352 e. The van der Waals surface area contributed by atoms with E-state index in [4.69, 9.17) is 4.74 Å². The molecule has 0 spiro atoms. The Morgan fingerprint density at radius 2 is 1.92 bits per heavy atom. The van der Waals surface area contributed by atoms with Crippen molar-refractivity contribution in [2.24, 2.45) is 0 Å². The second-order valence-electron chi connectivity index (χ2n) is 5.87. The Hall–Kier alpha value is -3.61. The quantitative estimate of drug-likeness (QED) is 0.751. The molecule has 3 aromatic rings. The van der Waals surface area contributed by atoms with Gasteiger partial charge in [-0.05, 0) is 42.8 Å². The van der Waals surface area contributed by atoms with Crippen LogP contribution in [0.1, 0.15) is 17.4 Å². The highest BCUT2D eigenvalue weighted by atomic mass is 16.5. The summed E-state index contributed by atoms with van der Waals surface area (Å²) in [5.74, 6) is 1.32. The van der Waals surface area contributed by atoms with E-state index in [9.17, 15) is 9.90 Å². The predicted molar refractivity (Wildman–Crippen MR) is 95.2 cm³/mol. The number of benzene rings is 2. The van der Waals surface area contributed by atoms with Crippen LogP contribution in [-0.4, -0.2) is 25.8 Å². The summed E-state index contributed by atoms with van der Waals surface area (Å²) in [7, 11) is 0. The first-order valence-electron chi connectivity index (χ1n) is 8.08. The molecule has 1 unspecified atom stereocenters. The molecule has 0 radical (unpaired) electrons. The standard InChI is InChI=1S/C19H16N4O3/c1-12-20-19-21-16(18(24)25)11-17(23(19)22-12)13-6-5-9-15(10-13)26-14-7-3-2-4-8-14/h2-11,17H,1H3,(H,24,25)(H,20,21,22). The number of aryl methyl sites for hydroxylation is 1. The van der Waals surface area contributed by atoms with Crippen LogP contribution in [0.25, 0.3) is 0 Å². The Bertz CT molecular complexity index is 995. The van der Waals surface area contributed by atoms with Crippen LogP contribution in [0.2, 0.25) is 0 Å². The summed E-state index contributed by atoms with van der Waals surface area (Å²) in [6.07, 6.45) is 1.62. The number of hydrogen-bond acceptors (Lipinski definition) is 5. The molecule has 1 aromatic heterocycles. The number of hydrogen-bond donors (Lipinski definition) is 2. The van der Waals surface area contributed by atoms with E-state index in [1.54, 1.807) is 17.7 Å². The van der Waals surface area contributed by atoms with Gasteiger partial charge in [0.15, 0.2) is 0 Å². The van der Waals surface area contributed by atoms with Crippen molar-refractivity contribution in [3.8, 4) is 11.5 Å². The van der Waals surface area contributed by atoms with Gasteiger partial charge in [-0.15, -0.1) is 0 Å². The Labute approximate surface area is 149 Å². The summed E-state index contributed by atoms with van der Waals surface area (Å²) in [4.78, 5) is 15.7. The summed E-state index contributed by atoms with van der Waals surface area (Å²) >= 11 is 0. The number of rotatable bonds is 4. The molecule has 2 N–H and O–H groups in total. The second kappa shape index (κ2) is 6.36. The largest absolute Gasteiger partial charge is 0.477 e. The van der Waals surface area contributed by atoms with Gasteiger partial charge < -0.3 is 15.2 Å². The van der Waals surface area contributed by atoms with Gasteiger partial charge in [0.25, 0.3) is 0 Å². The van der Waals surface area contributed by atoms with Crippen LogP contribution in [0.3, 0.4) is 0 Å². The number of nitrogens with zero attached hydrogens (tertiary/aromatic N) is 3. The van der Waals surface area contributed by atoms with Gasteiger partial charge in [-0.25, -0.2) is 9.48 Å². The van der Waals surface area contributed by atoms with E-state index in [0.717, 1.165) is 11.3 Å². The number of para-hydroxylation sites is 1. The minimum atomic E-state index is -1.04. The van der Waals surface area contributed by atoms with Gasteiger partial charge >= 0.3 is 5.97 Å². The van der Waals surface area contributed by atoms with Crippen molar-refractivity contribution in [2.45, 2.75) is 13.0 Å². The van der Waals surface area contributed by atoms with Crippen molar-refractivity contribution in [3.05, 3.63) is 77.8 Å². The summed E-state index contributed by atoms with van der Waals surface area (Å²) in [5.41, 5.74) is 0.925. The van der Waals surface area contributed by atoms with E-state index < -0.39 is 12.0 Å². The molecule has 0 aliphatic carbocycles. The molecular weight excluding hydrogens is 332 g/mol. The van der Waals surface area contributed by atoms with Crippen LogP contribution in [0.15, 0.2) is 66.4 Å². The first-order valence-corrected chi connectivity index (χ1v) is 8.08. The van der Waals surface area contributed by atoms with Crippen molar-refractivity contribution in [3.63, 3.8) is 0 Å². The summed E-state index contributed by atoms with van der Waals surface area (Å²) < 4.78 is 7.55. The van der Waals surface area contributed by atoms with E-state index >= 15 is 0 Å². The number of ether oxygens (including phenoxy) is 1. The number of fused-ring (bicyclic) bond motifs is 1. The number of nitrogens with one attached hydrogen (secondary N) is 1. The summed E-state index contributed by atoms with van der Waals surface area (Å²) in [6, 6.07) is 16.6. The highest BCUT2D eigenvalue weighted by Crippen LogP contribution is 2.31. The molecule has 2 aromatic carbocycles. The van der Waals surface area contributed by atoms with Crippen molar-refractivity contribution < 1.29 is 14.6 Å². The van der Waals surface area contributed by atoms with E-state index in [0.29, 0.717) is 17.5 Å². The minimum absolute atomic E-state index is 0.0734. The topological polar surface area (TPSA) is 89.3 Å². The fourth-order valence-electron chi connectivity index (χ4n) is 2.85. The molecule has 26 heavy (non-hydrogen) atoms. The van der Waals surface area contributed by atoms with Crippen LogP contribution in [0, 0.1) is 6.92 Å². The van der Waals surface area contributed by atoms with Crippen LogP contribution in [-0.2, 0) is 4.79 Å². The van der Waals surface area contributed by atoms with Gasteiger partial charge in [0.05, 0.1) is 0 Å². The molecule has 0 fully saturated rings. The molecule has 4 rings (SSSR count). The normalized spacial score (nSPS) is 15.6. The van der Waals surface area contributed by atoms with Crippen molar-refractivity contribution in [2.75, 3.05) is 5.32 Å². The van der Waals surface area contributed by atoms with Crippen LogP contribution in [0.4, 0.5) is 5.95 Å². The number of carbonyl (C=O) groups is 1. The van der Waals surface area contributed by atoms with Crippen LogP contribution >= 0.6 is 0 Å². The van der Waals surface area contributed by atoms with Crippen molar-refractivity contribution >= 4 is 11.9 Å². The highest BCUT2D eigenvalue weighted by molar-refractivity contribution is 5.90. The average molecular weight is 348 g/mol. The van der Waals surface area contributed by atoms with Gasteiger partial charge in [-0.2, -0.15) is 10.1 Å². The lowest BCUT2D eigenvalue weighted by Gasteiger charge is -2.22. The molecular formula is C19H16N4O3.